The van der Waals surface area contributed by atoms with E-state index in [0.717, 1.165) is 42.4 Å². The number of morpholine rings is 1. The molecular weight excluding hydrogens is 753 g/mol. The van der Waals surface area contributed by atoms with Crippen molar-refractivity contribution in [1.29, 1.82) is 0 Å². The molecule has 300 valence electrons. The minimum absolute atomic E-state index is 0.0564. The summed E-state index contributed by atoms with van der Waals surface area (Å²) in [6.07, 6.45) is 8.98. The number of hydrogen-bond acceptors (Lipinski definition) is 9. The van der Waals surface area contributed by atoms with Crippen molar-refractivity contribution >= 4 is 29.4 Å². The van der Waals surface area contributed by atoms with Crippen molar-refractivity contribution < 1.29 is 24.2 Å². The first-order chi connectivity index (χ1) is 29.4. The Morgan fingerprint density at radius 2 is 1.50 bits per heavy atom. The SMILES string of the molecule is O=C1O[C@H](c2ccccc2)C(c2ccccc2)N2[C@H]1[C@@H](C(=O)N1CCN(c3ncccn3)CC1)[C@]1(C(=O)Nc3ccc(C#CC4=CCCCC4)cc31)[C@H]2c1ccc(O)cc1. The van der Waals surface area contributed by atoms with Gasteiger partial charge in [-0.2, -0.15) is 0 Å². The molecule has 5 aliphatic rings. The summed E-state index contributed by atoms with van der Waals surface area (Å²) in [7, 11) is 0. The number of carbonyl (C=O) groups is 3. The molecular formula is C49H44N6O5. The van der Waals surface area contributed by atoms with Gasteiger partial charge in [0.2, 0.25) is 17.8 Å². The minimum atomic E-state index is -1.63. The Morgan fingerprint density at radius 3 is 2.20 bits per heavy atom. The maximum absolute atomic E-state index is 15.8. The van der Waals surface area contributed by atoms with E-state index in [9.17, 15) is 5.11 Å². The first-order valence-electron chi connectivity index (χ1n) is 20.8. The predicted molar refractivity (Wildman–Crippen MR) is 225 cm³/mol. The van der Waals surface area contributed by atoms with Crippen LogP contribution in [-0.2, 0) is 24.5 Å². The number of piperazine rings is 1. The Bertz CT molecular complexity index is 2530. The molecule has 1 aromatic heterocycles. The lowest BCUT2D eigenvalue weighted by molar-refractivity contribution is -0.179. The Hall–Kier alpha value is -6.77. The zero-order valence-corrected chi connectivity index (χ0v) is 33.0. The average Bonchev–Trinajstić information content (AvgIpc) is 3.78. The summed E-state index contributed by atoms with van der Waals surface area (Å²) in [5.74, 6) is 4.92. The molecule has 0 bridgehead atoms. The third-order valence-corrected chi connectivity index (χ3v) is 12.9. The molecule has 5 aromatic rings. The fraction of sp³-hybridized carbons (Fsp3) is 0.286. The molecule has 60 heavy (non-hydrogen) atoms. The molecule has 10 rings (SSSR count). The highest BCUT2D eigenvalue weighted by Gasteiger charge is 2.74. The summed E-state index contributed by atoms with van der Waals surface area (Å²) in [4.78, 5) is 61.2. The molecule has 1 unspecified atom stereocenters. The second-order valence-corrected chi connectivity index (χ2v) is 16.2. The van der Waals surface area contributed by atoms with Crippen LogP contribution in [0.4, 0.5) is 11.6 Å². The average molecular weight is 797 g/mol. The standard InChI is InChI=1S/C49H44N6O5/c56-37-22-20-36(21-23-37)44-49(38-31-33(19-24-39(38)52-47(49)59)18-17-32-11-4-1-5-12-32)40(45(57)53-27-29-54(30-28-53)48-50-25-10-26-51-48)42-46(58)60-43(35-15-8-3-9-16-35)41(55(42)44)34-13-6-2-7-14-34/h2-3,6-11,13-16,19-26,31,40-44,56H,1,4-5,12,27-30H2,(H,52,59)/t40-,41?,42-,43+,44+,49-/m0/s1. The van der Waals surface area contributed by atoms with Gasteiger partial charge in [0.1, 0.15) is 23.3 Å². The van der Waals surface area contributed by atoms with E-state index in [4.69, 9.17) is 4.74 Å². The van der Waals surface area contributed by atoms with Crippen LogP contribution in [-0.4, -0.2) is 74.9 Å². The highest BCUT2D eigenvalue weighted by atomic mass is 16.6. The van der Waals surface area contributed by atoms with Crippen molar-refractivity contribution in [3.05, 3.63) is 161 Å². The Labute approximate surface area is 348 Å². The van der Waals surface area contributed by atoms with Crippen LogP contribution in [0.1, 0.15) is 71.7 Å². The monoisotopic (exact) mass is 796 g/mol. The van der Waals surface area contributed by atoms with Crippen LogP contribution >= 0.6 is 0 Å². The molecule has 0 radical (unpaired) electrons. The van der Waals surface area contributed by atoms with Gasteiger partial charge in [-0.15, -0.1) is 0 Å². The third kappa shape index (κ3) is 6.30. The van der Waals surface area contributed by atoms with Gasteiger partial charge in [0, 0.05) is 49.8 Å². The van der Waals surface area contributed by atoms with Gasteiger partial charge in [0.15, 0.2) is 0 Å². The normalized spacial score (nSPS) is 26.0. The van der Waals surface area contributed by atoms with E-state index >= 15 is 14.4 Å². The molecule has 5 heterocycles. The van der Waals surface area contributed by atoms with Gasteiger partial charge >= 0.3 is 5.97 Å². The number of anilines is 2. The van der Waals surface area contributed by atoms with Gasteiger partial charge in [-0.05, 0) is 89.9 Å². The first kappa shape index (κ1) is 37.5. The summed E-state index contributed by atoms with van der Waals surface area (Å²) < 4.78 is 6.58. The molecule has 1 aliphatic carbocycles. The van der Waals surface area contributed by atoms with E-state index in [2.05, 4.69) is 38.1 Å². The highest BCUT2D eigenvalue weighted by Crippen LogP contribution is 2.65. The number of phenols is 1. The maximum atomic E-state index is 15.8. The van der Waals surface area contributed by atoms with Gasteiger partial charge < -0.3 is 25.0 Å². The Morgan fingerprint density at radius 1 is 0.783 bits per heavy atom. The highest BCUT2D eigenvalue weighted by molar-refractivity contribution is 6.12. The number of cyclic esters (lactones) is 1. The number of aromatic nitrogens is 2. The molecule has 6 atom stereocenters. The van der Waals surface area contributed by atoms with Crippen LogP contribution in [0.25, 0.3) is 0 Å². The van der Waals surface area contributed by atoms with E-state index in [1.807, 2.05) is 83.8 Å². The summed E-state index contributed by atoms with van der Waals surface area (Å²) >= 11 is 0. The van der Waals surface area contributed by atoms with Crippen LogP contribution in [0.5, 0.6) is 5.75 Å². The molecule has 3 fully saturated rings. The van der Waals surface area contributed by atoms with Crippen molar-refractivity contribution in [3.8, 4) is 17.6 Å². The van der Waals surface area contributed by atoms with Crippen molar-refractivity contribution in [2.24, 2.45) is 5.92 Å². The van der Waals surface area contributed by atoms with Gasteiger partial charge in [0.05, 0.1) is 18.0 Å². The Balaban J connectivity index is 1.19. The van der Waals surface area contributed by atoms with Gasteiger partial charge in [0.25, 0.3) is 0 Å². The molecule has 4 aromatic carbocycles. The second-order valence-electron chi connectivity index (χ2n) is 16.2. The molecule has 3 saturated heterocycles. The molecule has 11 nitrogen and oxygen atoms in total. The van der Waals surface area contributed by atoms with Gasteiger partial charge in [-0.1, -0.05) is 90.7 Å². The lowest BCUT2D eigenvalue weighted by Gasteiger charge is -2.46. The smallest absolute Gasteiger partial charge is 0.324 e. The van der Waals surface area contributed by atoms with Crippen molar-refractivity contribution in [2.45, 2.75) is 55.3 Å². The van der Waals surface area contributed by atoms with Gasteiger partial charge in [-0.25, -0.2) is 9.97 Å². The van der Waals surface area contributed by atoms with Crippen LogP contribution in [0.15, 0.2) is 133 Å². The predicted octanol–water partition coefficient (Wildman–Crippen LogP) is 6.65. The van der Waals surface area contributed by atoms with E-state index in [-0.39, 0.29) is 17.6 Å². The topological polar surface area (TPSA) is 128 Å². The molecule has 2 N–H and O–H groups in total. The zero-order chi connectivity index (χ0) is 40.8. The summed E-state index contributed by atoms with van der Waals surface area (Å²) in [6, 6.07) is 31.1. The molecule has 0 saturated carbocycles. The number of carbonyl (C=O) groups excluding carboxylic acids is 3. The number of benzene rings is 4. The number of rotatable bonds is 5. The number of amides is 2. The fourth-order valence-electron chi connectivity index (χ4n) is 10.2. The minimum Gasteiger partial charge on any atom is -0.508 e. The lowest BCUT2D eigenvalue weighted by Crippen LogP contribution is -2.58. The second kappa shape index (κ2) is 15.4. The quantitative estimate of drug-likeness (QED) is 0.148. The summed E-state index contributed by atoms with van der Waals surface area (Å²) in [6.45, 7) is 1.60. The number of nitrogens with zero attached hydrogens (tertiary/aromatic N) is 5. The largest absolute Gasteiger partial charge is 0.508 e. The summed E-state index contributed by atoms with van der Waals surface area (Å²) in [5.41, 5.74) is 3.68. The van der Waals surface area contributed by atoms with Crippen LogP contribution in [0, 0.1) is 17.8 Å². The first-order valence-corrected chi connectivity index (χ1v) is 20.8. The number of hydrogen-bond donors (Lipinski definition) is 2. The van der Waals surface area contributed by atoms with Crippen molar-refractivity contribution in [1.82, 2.24) is 19.8 Å². The third-order valence-electron chi connectivity index (χ3n) is 12.9. The molecule has 4 aliphatic heterocycles. The number of fused-ring (bicyclic) bond motifs is 3. The van der Waals surface area contributed by atoms with Crippen molar-refractivity contribution in [2.75, 3.05) is 36.4 Å². The van der Waals surface area contributed by atoms with Crippen LogP contribution in [0.3, 0.4) is 0 Å². The number of allylic oxidation sites excluding steroid dienone is 2. The van der Waals surface area contributed by atoms with E-state index in [1.54, 1.807) is 47.6 Å². The van der Waals surface area contributed by atoms with Crippen LogP contribution in [0.2, 0.25) is 0 Å². The van der Waals surface area contributed by atoms with Crippen LogP contribution < -0.4 is 10.2 Å². The molecule has 11 heteroatoms. The molecule has 2 amide bonds. The maximum Gasteiger partial charge on any atom is 0.324 e. The number of nitrogens with one attached hydrogen (secondary N) is 1. The molecule has 1 spiro atoms. The van der Waals surface area contributed by atoms with E-state index in [1.165, 1.54) is 0 Å². The number of ether oxygens (including phenoxy) is 1. The lowest BCUT2D eigenvalue weighted by atomic mass is 9.65. The number of phenolic OH excluding ortho intramolecular Hbond substituents is 1. The fourth-order valence-corrected chi connectivity index (χ4v) is 10.2. The van der Waals surface area contributed by atoms with Crippen molar-refractivity contribution in [3.63, 3.8) is 0 Å². The summed E-state index contributed by atoms with van der Waals surface area (Å²) in [5, 5.41) is 13.8. The van der Waals surface area contributed by atoms with E-state index < -0.39 is 41.5 Å². The number of aromatic hydroxyl groups is 1. The number of esters is 1. The zero-order valence-electron chi connectivity index (χ0n) is 33.0. The Kier molecular flexibility index (Phi) is 9.65. The van der Waals surface area contributed by atoms with E-state index in [0.29, 0.717) is 54.5 Å². The van der Waals surface area contributed by atoms with Gasteiger partial charge in [-0.3, -0.25) is 19.3 Å².